The van der Waals surface area contributed by atoms with Gasteiger partial charge in [-0.15, -0.1) is 13.2 Å². The molecular weight excluding hydrogens is 309 g/mol. The number of carbonyl (C=O) groups excluding carboxylic acids is 1. The predicted molar refractivity (Wildman–Crippen MR) is 77.7 cm³/mol. The van der Waals surface area contributed by atoms with Gasteiger partial charge in [-0.05, 0) is 42.9 Å². The average molecular weight is 328 g/mol. The lowest BCUT2D eigenvalue weighted by Gasteiger charge is -2.17. The molecule has 3 rings (SSSR count). The zero-order valence-corrected chi connectivity index (χ0v) is 12.6. The number of likely N-dealkylation sites (tertiary alicyclic amines) is 1. The van der Waals surface area contributed by atoms with Gasteiger partial charge in [-0.1, -0.05) is 18.2 Å². The molecule has 1 amide bonds. The molecule has 1 saturated heterocycles. The van der Waals surface area contributed by atoms with Gasteiger partial charge in [0.1, 0.15) is 5.75 Å². The molecule has 0 aromatic heterocycles. The SMILES string of the molecule is NC[C@@H]1CCN(C(=O)[C@@H]2C[C@@H]2c2ccccc2OC(F)(F)F)C1. The van der Waals surface area contributed by atoms with Crippen molar-refractivity contribution in [3.05, 3.63) is 29.8 Å². The predicted octanol–water partition coefficient (Wildman–Crippen LogP) is 2.50. The van der Waals surface area contributed by atoms with E-state index in [4.69, 9.17) is 5.73 Å². The summed E-state index contributed by atoms with van der Waals surface area (Å²) in [5.41, 5.74) is 6.08. The van der Waals surface area contributed by atoms with Crippen molar-refractivity contribution in [3.8, 4) is 5.75 Å². The Morgan fingerprint density at radius 2 is 2.09 bits per heavy atom. The molecule has 3 atom stereocenters. The van der Waals surface area contributed by atoms with Crippen molar-refractivity contribution in [1.29, 1.82) is 0 Å². The second-order valence-electron chi connectivity index (χ2n) is 6.21. The summed E-state index contributed by atoms with van der Waals surface area (Å²) in [4.78, 5) is 14.3. The Kier molecular flexibility index (Phi) is 4.23. The van der Waals surface area contributed by atoms with Gasteiger partial charge >= 0.3 is 6.36 Å². The van der Waals surface area contributed by atoms with Gasteiger partial charge in [0.25, 0.3) is 0 Å². The van der Waals surface area contributed by atoms with Crippen molar-refractivity contribution in [1.82, 2.24) is 4.90 Å². The molecule has 1 saturated carbocycles. The molecule has 2 aliphatic rings. The summed E-state index contributed by atoms with van der Waals surface area (Å²) in [6, 6.07) is 6.06. The highest BCUT2D eigenvalue weighted by Gasteiger charge is 2.48. The molecule has 0 radical (unpaired) electrons. The third-order valence-corrected chi connectivity index (χ3v) is 4.58. The number of alkyl halides is 3. The van der Waals surface area contributed by atoms with Crippen LogP contribution in [0.3, 0.4) is 0 Å². The largest absolute Gasteiger partial charge is 0.573 e. The van der Waals surface area contributed by atoms with Crippen LogP contribution in [0, 0.1) is 11.8 Å². The van der Waals surface area contributed by atoms with Crippen LogP contribution in [0.2, 0.25) is 0 Å². The summed E-state index contributed by atoms with van der Waals surface area (Å²) in [6.45, 7) is 1.89. The first-order chi connectivity index (χ1) is 10.9. The van der Waals surface area contributed by atoms with Crippen molar-refractivity contribution in [2.24, 2.45) is 17.6 Å². The molecule has 0 spiro atoms. The molecule has 0 unspecified atom stereocenters. The Morgan fingerprint density at radius 3 is 2.74 bits per heavy atom. The first-order valence-electron chi connectivity index (χ1n) is 7.72. The summed E-state index contributed by atoms with van der Waals surface area (Å²) in [5, 5.41) is 0. The molecule has 7 heteroatoms. The second kappa shape index (κ2) is 6.03. The molecule has 1 aromatic carbocycles. The van der Waals surface area contributed by atoms with E-state index >= 15 is 0 Å². The number of carbonyl (C=O) groups is 1. The number of hydrogen-bond acceptors (Lipinski definition) is 3. The number of halogens is 3. The monoisotopic (exact) mass is 328 g/mol. The molecule has 126 valence electrons. The summed E-state index contributed by atoms with van der Waals surface area (Å²) in [7, 11) is 0. The second-order valence-corrected chi connectivity index (χ2v) is 6.21. The lowest BCUT2D eigenvalue weighted by atomic mass is 10.1. The summed E-state index contributed by atoms with van der Waals surface area (Å²) >= 11 is 0. The topological polar surface area (TPSA) is 55.6 Å². The van der Waals surface area contributed by atoms with Gasteiger partial charge in [-0.2, -0.15) is 0 Å². The highest BCUT2D eigenvalue weighted by molar-refractivity contribution is 5.83. The van der Waals surface area contributed by atoms with Crippen molar-refractivity contribution >= 4 is 5.91 Å². The van der Waals surface area contributed by atoms with Crippen LogP contribution in [-0.4, -0.2) is 36.8 Å². The summed E-state index contributed by atoms with van der Waals surface area (Å²) in [5.74, 6) is -0.297. The maximum atomic E-state index is 12.5. The number of amides is 1. The maximum absolute atomic E-state index is 12.5. The number of ether oxygens (including phenoxy) is 1. The van der Waals surface area contributed by atoms with Gasteiger partial charge < -0.3 is 15.4 Å². The van der Waals surface area contributed by atoms with Gasteiger partial charge in [0.2, 0.25) is 5.91 Å². The van der Waals surface area contributed by atoms with E-state index in [0.717, 1.165) is 6.42 Å². The number of nitrogens with two attached hydrogens (primary N) is 1. The molecule has 1 heterocycles. The molecule has 2 fully saturated rings. The Balaban J connectivity index is 1.68. The minimum atomic E-state index is -4.73. The van der Waals surface area contributed by atoms with Crippen molar-refractivity contribution in [3.63, 3.8) is 0 Å². The van der Waals surface area contributed by atoms with E-state index in [0.29, 0.717) is 37.5 Å². The third kappa shape index (κ3) is 3.60. The summed E-state index contributed by atoms with van der Waals surface area (Å²) in [6.07, 6.45) is -3.26. The molecular formula is C16H19F3N2O2. The van der Waals surface area contributed by atoms with Crippen molar-refractivity contribution in [2.75, 3.05) is 19.6 Å². The van der Waals surface area contributed by atoms with E-state index in [1.54, 1.807) is 17.0 Å². The van der Waals surface area contributed by atoms with E-state index < -0.39 is 6.36 Å². The van der Waals surface area contributed by atoms with Crippen LogP contribution < -0.4 is 10.5 Å². The molecule has 23 heavy (non-hydrogen) atoms. The zero-order valence-electron chi connectivity index (χ0n) is 12.6. The quantitative estimate of drug-likeness (QED) is 0.924. The molecule has 1 aromatic rings. The lowest BCUT2D eigenvalue weighted by Crippen LogP contribution is -2.31. The van der Waals surface area contributed by atoms with Crippen LogP contribution in [0.1, 0.15) is 24.3 Å². The van der Waals surface area contributed by atoms with Gasteiger partial charge in [0.05, 0.1) is 0 Å². The number of rotatable bonds is 4. The van der Waals surface area contributed by atoms with Gasteiger partial charge in [-0.3, -0.25) is 4.79 Å². The van der Waals surface area contributed by atoms with Crippen LogP contribution in [0.25, 0.3) is 0 Å². The number of hydrogen-bond donors (Lipinski definition) is 1. The molecule has 4 nitrogen and oxygen atoms in total. The van der Waals surface area contributed by atoms with Gasteiger partial charge in [0, 0.05) is 19.0 Å². The van der Waals surface area contributed by atoms with Crippen LogP contribution in [-0.2, 0) is 4.79 Å². The Morgan fingerprint density at radius 1 is 1.35 bits per heavy atom. The normalized spacial score (nSPS) is 27.1. The minimum absolute atomic E-state index is 0.0211. The first-order valence-corrected chi connectivity index (χ1v) is 7.72. The van der Waals surface area contributed by atoms with E-state index in [1.165, 1.54) is 12.1 Å². The highest BCUT2D eigenvalue weighted by Crippen LogP contribution is 2.52. The molecule has 2 N–H and O–H groups in total. The van der Waals surface area contributed by atoms with E-state index in [2.05, 4.69) is 4.74 Å². The van der Waals surface area contributed by atoms with Gasteiger partial charge in [-0.25, -0.2) is 0 Å². The first kappa shape index (κ1) is 16.1. The van der Waals surface area contributed by atoms with Crippen LogP contribution >= 0.6 is 0 Å². The molecule has 0 bridgehead atoms. The number of benzene rings is 1. The Bertz CT molecular complexity index is 591. The van der Waals surface area contributed by atoms with E-state index in [1.807, 2.05) is 0 Å². The number of nitrogens with zero attached hydrogens (tertiary/aromatic N) is 1. The minimum Gasteiger partial charge on any atom is -0.405 e. The molecule has 1 aliphatic heterocycles. The fraction of sp³-hybridized carbons (Fsp3) is 0.562. The van der Waals surface area contributed by atoms with Crippen LogP contribution in [0.15, 0.2) is 24.3 Å². The zero-order chi connectivity index (χ0) is 16.6. The fourth-order valence-electron chi connectivity index (χ4n) is 3.28. The maximum Gasteiger partial charge on any atom is 0.573 e. The standard InChI is InChI=1S/C16H19F3N2O2/c17-16(18,19)23-14-4-2-1-3-11(14)12-7-13(12)15(22)21-6-5-10(8-20)9-21/h1-4,10,12-13H,5-9,20H2/t10-,12+,13+/m0/s1. The Hall–Kier alpha value is -1.76. The smallest absolute Gasteiger partial charge is 0.405 e. The van der Waals surface area contributed by atoms with Crippen LogP contribution in [0.5, 0.6) is 5.75 Å². The average Bonchev–Trinajstić information content (AvgIpc) is 3.13. The lowest BCUT2D eigenvalue weighted by molar-refractivity contribution is -0.274. The van der Waals surface area contributed by atoms with Crippen LogP contribution in [0.4, 0.5) is 13.2 Å². The van der Waals surface area contributed by atoms with Gasteiger partial charge in [0.15, 0.2) is 0 Å². The van der Waals surface area contributed by atoms with E-state index in [9.17, 15) is 18.0 Å². The highest BCUT2D eigenvalue weighted by atomic mass is 19.4. The third-order valence-electron chi connectivity index (χ3n) is 4.58. The fourth-order valence-corrected chi connectivity index (χ4v) is 3.28. The molecule has 1 aliphatic carbocycles. The van der Waals surface area contributed by atoms with Crippen molar-refractivity contribution < 1.29 is 22.7 Å². The summed E-state index contributed by atoms with van der Waals surface area (Å²) < 4.78 is 41.5. The van der Waals surface area contributed by atoms with E-state index in [-0.39, 0.29) is 23.5 Å². The number of para-hydroxylation sites is 1. The Labute approximate surface area is 132 Å². The van der Waals surface area contributed by atoms with Crippen molar-refractivity contribution in [2.45, 2.75) is 25.1 Å².